The Morgan fingerprint density at radius 2 is 2.06 bits per heavy atom. The highest BCUT2D eigenvalue weighted by Crippen LogP contribution is 2.39. The minimum absolute atomic E-state index is 0.250. The van der Waals surface area contributed by atoms with E-state index >= 15 is 0 Å². The van der Waals surface area contributed by atoms with Crippen molar-refractivity contribution in [2.75, 3.05) is 18.0 Å². The lowest BCUT2D eigenvalue weighted by Gasteiger charge is -2.35. The maximum atomic E-state index is 5.71. The van der Waals surface area contributed by atoms with Crippen LogP contribution in [0.5, 0.6) is 0 Å². The van der Waals surface area contributed by atoms with E-state index in [4.69, 9.17) is 5.73 Å². The van der Waals surface area contributed by atoms with Gasteiger partial charge in [0.05, 0.1) is 0 Å². The zero-order valence-corrected chi connectivity index (χ0v) is 12.2. The largest absolute Gasteiger partial charge is 0.366 e. The van der Waals surface area contributed by atoms with Gasteiger partial charge < -0.3 is 10.6 Å². The number of anilines is 1. The highest BCUT2D eigenvalue weighted by Gasteiger charge is 2.38. The maximum Gasteiger partial charge on any atom is 0.0400 e. The van der Waals surface area contributed by atoms with Crippen LogP contribution in [0.4, 0.5) is 5.69 Å². The first-order chi connectivity index (χ1) is 8.44. The van der Waals surface area contributed by atoms with Crippen LogP contribution in [0.15, 0.2) is 18.2 Å². The second-order valence-electron chi connectivity index (χ2n) is 6.36. The van der Waals surface area contributed by atoms with Crippen molar-refractivity contribution in [1.82, 2.24) is 0 Å². The topological polar surface area (TPSA) is 29.3 Å². The molecule has 0 aromatic heterocycles. The van der Waals surface area contributed by atoms with Gasteiger partial charge in [-0.15, -0.1) is 0 Å². The second-order valence-corrected chi connectivity index (χ2v) is 6.36. The van der Waals surface area contributed by atoms with E-state index in [1.807, 2.05) is 0 Å². The zero-order chi connectivity index (χ0) is 13.3. The molecule has 0 bridgehead atoms. The quantitative estimate of drug-likeness (QED) is 0.887. The fourth-order valence-corrected chi connectivity index (χ4v) is 3.35. The monoisotopic (exact) mass is 246 g/mol. The van der Waals surface area contributed by atoms with E-state index in [1.54, 1.807) is 0 Å². The van der Waals surface area contributed by atoms with Gasteiger partial charge in [-0.1, -0.05) is 17.7 Å². The predicted octanol–water partition coefficient (Wildman–Crippen LogP) is 3.26. The predicted molar refractivity (Wildman–Crippen MR) is 79.1 cm³/mol. The van der Waals surface area contributed by atoms with Crippen molar-refractivity contribution in [3.05, 3.63) is 29.3 Å². The van der Waals surface area contributed by atoms with Gasteiger partial charge in [-0.3, -0.25) is 0 Å². The molecule has 100 valence electrons. The average Bonchev–Trinajstić information content (AvgIpc) is 2.54. The van der Waals surface area contributed by atoms with Crippen molar-refractivity contribution < 1.29 is 0 Å². The van der Waals surface area contributed by atoms with E-state index in [2.05, 4.69) is 50.8 Å². The molecule has 1 unspecified atom stereocenters. The molecule has 2 N–H and O–H groups in total. The molecule has 1 aromatic carbocycles. The van der Waals surface area contributed by atoms with E-state index in [1.165, 1.54) is 23.2 Å². The van der Waals surface area contributed by atoms with Gasteiger partial charge in [0.25, 0.3) is 0 Å². The van der Waals surface area contributed by atoms with Crippen LogP contribution in [0.3, 0.4) is 0 Å². The molecular formula is C16H26N2. The fraction of sp³-hybridized carbons (Fsp3) is 0.625. The Kier molecular flexibility index (Phi) is 3.67. The van der Waals surface area contributed by atoms with E-state index < -0.39 is 0 Å². The molecule has 1 heterocycles. The third kappa shape index (κ3) is 2.54. The number of nitrogens with two attached hydrogens (primary N) is 1. The lowest BCUT2D eigenvalue weighted by molar-refractivity contribution is 0.458. The molecule has 2 heteroatoms. The van der Waals surface area contributed by atoms with Crippen LogP contribution in [0.25, 0.3) is 0 Å². The molecule has 0 aliphatic carbocycles. The summed E-state index contributed by atoms with van der Waals surface area (Å²) >= 11 is 0. The average molecular weight is 246 g/mol. The molecule has 1 aliphatic heterocycles. The van der Waals surface area contributed by atoms with Gasteiger partial charge in [0.15, 0.2) is 0 Å². The van der Waals surface area contributed by atoms with Crippen molar-refractivity contribution in [3.8, 4) is 0 Å². The van der Waals surface area contributed by atoms with E-state index in [9.17, 15) is 0 Å². The fourth-order valence-electron chi connectivity index (χ4n) is 3.35. The van der Waals surface area contributed by atoms with Crippen molar-refractivity contribution in [1.29, 1.82) is 0 Å². The molecule has 0 spiro atoms. The summed E-state index contributed by atoms with van der Waals surface area (Å²) in [5.74, 6) is 0.741. The Labute approximate surface area is 111 Å². The molecule has 1 aliphatic rings. The summed E-state index contributed by atoms with van der Waals surface area (Å²) < 4.78 is 0. The molecule has 1 aromatic rings. The van der Waals surface area contributed by atoms with Crippen molar-refractivity contribution in [2.45, 2.75) is 46.1 Å². The number of aryl methyl sites for hydroxylation is 2. The summed E-state index contributed by atoms with van der Waals surface area (Å²) in [4.78, 5) is 2.57. The molecule has 0 saturated carbocycles. The van der Waals surface area contributed by atoms with Crippen LogP contribution in [0, 0.1) is 19.8 Å². The minimum Gasteiger partial charge on any atom is -0.366 e. The first-order valence-corrected chi connectivity index (χ1v) is 6.99. The van der Waals surface area contributed by atoms with E-state index in [-0.39, 0.29) is 5.54 Å². The lowest BCUT2D eigenvalue weighted by atomic mass is 9.94. The van der Waals surface area contributed by atoms with Gasteiger partial charge in [-0.2, -0.15) is 0 Å². The molecule has 1 fully saturated rings. The molecule has 2 nitrogen and oxygen atoms in total. The first kappa shape index (κ1) is 13.4. The summed E-state index contributed by atoms with van der Waals surface area (Å²) in [7, 11) is 0. The SMILES string of the molecule is Cc1ccc(N2CC(CCN)CC2(C)C)c(C)c1. The third-order valence-corrected chi connectivity index (χ3v) is 4.18. The molecular weight excluding hydrogens is 220 g/mol. The lowest BCUT2D eigenvalue weighted by Crippen LogP contribution is -2.38. The number of nitrogens with zero attached hydrogens (tertiary/aromatic N) is 1. The van der Waals surface area contributed by atoms with E-state index in [0.717, 1.165) is 25.4 Å². The van der Waals surface area contributed by atoms with Gasteiger partial charge in [0, 0.05) is 17.8 Å². The summed E-state index contributed by atoms with van der Waals surface area (Å²) in [6.07, 6.45) is 2.39. The molecule has 0 amide bonds. The molecule has 1 atom stereocenters. The molecule has 2 rings (SSSR count). The van der Waals surface area contributed by atoms with Gasteiger partial charge >= 0.3 is 0 Å². The third-order valence-electron chi connectivity index (χ3n) is 4.18. The summed E-state index contributed by atoms with van der Waals surface area (Å²) in [6.45, 7) is 11.0. The highest BCUT2D eigenvalue weighted by molar-refractivity contribution is 5.57. The highest BCUT2D eigenvalue weighted by atomic mass is 15.2. The second kappa shape index (κ2) is 4.93. The number of hydrogen-bond acceptors (Lipinski definition) is 2. The van der Waals surface area contributed by atoms with Crippen LogP contribution in [0.2, 0.25) is 0 Å². The van der Waals surface area contributed by atoms with Crippen molar-refractivity contribution >= 4 is 5.69 Å². The first-order valence-electron chi connectivity index (χ1n) is 6.99. The van der Waals surface area contributed by atoms with Crippen LogP contribution in [0.1, 0.15) is 37.8 Å². The summed E-state index contributed by atoms with van der Waals surface area (Å²) in [5, 5.41) is 0. The molecule has 0 radical (unpaired) electrons. The number of benzene rings is 1. The summed E-state index contributed by atoms with van der Waals surface area (Å²) in [6, 6.07) is 6.77. The Bertz CT molecular complexity index is 423. The Hall–Kier alpha value is -1.02. The van der Waals surface area contributed by atoms with Crippen molar-refractivity contribution in [2.24, 2.45) is 11.7 Å². The van der Waals surface area contributed by atoms with Gasteiger partial charge in [0.2, 0.25) is 0 Å². The standard InChI is InChI=1S/C16H26N2/c1-12-5-6-15(13(2)9-12)18-11-14(7-8-17)10-16(18,3)4/h5-6,9,14H,7-8,10-11,17H2,1-4H3. The zero-order valence-electron chi connectivity index (χ0n) is 12.2. The Morgan fingerprint density at radius 3 is 2.67 bits per heavy atom. The molecule has 18 heavy (non-hydrogen) atoms. The van der Waals surface area contributed by atoms with Crippen LogP contribution < -0.4 is 10.6 Å². The minimum atomic E-state index is 0.250. The molecule has 1 saturated heterocycles. The van der Waals surface area contributed by atoms with Crippen molar-refractivity contribution in [3.63, 3.8) is 0 Å². The van der Waals surface area contributed by atoms with Crippen LogP contribution in [-0.4, -0.2) is 18.6 Å². The Morgan fingerprint density at radius 1 is 1.33 bits per heavy atom. The van der Waals surface area contributed by atoms with Gasteiger partial charge in [-0.05, 0) is 64.6 Å². The Balaban J connectivity index is 2.26. The van der Waals surface area contributed by atoms with Crippen LogP contribution >= 0.6 is 0 Å². The number of rotatable bonds is 3. The number of hydrogen-bond donors (Lipinski definition) is 1. The van der Waals surface area contributed by atoms with Gasteiger partial charge in [0.1, 0.15) is 0 Å². The normalized spacial score (nSPS) is 22.5. The maximum absolute atomic E-state index is 5.71. The van der Waals surface area contributed by atoms with Gasteiger partial charge in [-0.25, -0.2) is 0 Å². The smallest absolute Gasteiger partial charge is 0.0400 e. The summed E-state index contributed by atoms with van der Waals surface area (Å²) in [5.41, 5.74) is 10.1. The van der Waals surface area contributed by atoms with E-state index in [0.29, 0.717) is 0 Å². The van der Waals surface area contributed by atoms with Crippen LogP contribution in [-0.2, 0) is 0 Å².